The van der Waals surface area contributed by atoms with Crippen LogP contribution in [0.5, 0.6) is 0 Å². The Morgan fingerprint density at radius 3 is 2.71 bits per heavy atom. The molecule has 2 rings (SSSR count). The van der Waals surface area contributed by atoms with Gasteiger partial charge >= 0.3 is 5.97 Å². The Morgan fingerprint density at radius 2 is 2.07 bits per heavy atom. The molecule has 14 heavy (non-hydrogen) atoms. The number of ether oxygens (including phenoxy) is 1. The number of cyclic esters (lactones) is 1. The fraction of sp³-hybridized carbons (Fsp3) is 0.250. The van der Waals surface area contributed by atoms with E-state index in [9.17, 15) is 4.79 Å². The zero-order valence-electron chi connectivity index (χ0n) is 8.33. The Kier molecular flexibility index (Phi) is 2.12. The lowest BCUT2D eigenvalue weighted by molar-refractivity contribution is -0.134. The summed E-state index contributed by atoms with van der Waals surface area (Å²) in [6, 6.07) is 6.09. The number of esters is 1. The summed E-state index contributed by atoms with van der Waals surface area (Å²) in [4.78, 5) is 10.9. The van der Waals surface area contributed by atoms with Crippen LogP contribution in [-0.2, 0) is 9.53 Å². The van der Waals surface area contributed by atoms with E-state index in [4.69, 9.17) is 4.74 Å². The quantitative estimate of drug-likeness (QED) is 0.632. The number of aryl methyl sites for hydroxylation is 1. The summed E-state index contributed by atoms with van der Waals surface area (Å²) in [7, 11) is 0. The maximum atomic E-state index is 10.9. The van der Waals surface area contributed by atoms with Gasteiger partial charge in [-0.1, -0.05) is 18.2 Å². The topological polar surface area (TPSA) is 26.3 Å². The third-order valence-electron chi connectivity index (χ3n) is 2.61. The van der Waals surface area contributed by atoms with Crippen molar-refractivity contribution in [3.8, 4) is 0 Å². The fourth-order valence-corrected chi connectivity index (χ4v) is 1.63. The zero-order chi connectivity index (χ0) is 10.1. The van der Waals surface area contributed by atoms with Gasteiger partial charge in [-0.2, -0.15) is 0 Å². The molecule has 1 aromatic rings. The van der Waals surface area contributed by atoms with E-state index in [1.165, 1.54) is 11.1 Å². The second-order valence-electron chi connectivity index (χ2n) is 3.52. The highest BCUT2D eigenvalue weighted by Gasteiger charge is 2.16. The molecule has 0 unspecified atom stereocenters. The Balaban J connectivity index is 2.47. The van der Waals surface area contributed by atoms with Crippen molar-refractivity contribution >= 4 is 11.5 Å². The van der Waals surface area contributed by atoms with Crippen LogP contribution in [0.1, 0.15) is 16.7 Å². The van der Waals surface area contributed by atoms with Crippen molar-refractivity contribution in [3.63, 3.8) is 0 Å². The summed E-state index contributed by atoms with van der Waals surface area (Å²) in [5.74, 6) is -0.235. The summed E-state index contributed by atoms with van der Waals surface area (Å²) in [6.07, 6.45) is 1.57. The van der Waals surface area contributed by atoms with Crippen LogP contribution in [0, 0.1) is 13.8 Å². The van der Waals surface area contributed by atoms with Crippen molar-refractivity contribution in [1.29, 1.82) is 0 Å². The average Bonchev–Trinajstić information content (AvgIpc) is 2.57. The largest absolute Gasteiger partial charge is 0.458 e. The van der Waals surface area contributed by atoms with E-state index in [0.29, 0.717) is 6.61 Å². The number of rotatable bonds is 1. The number of hydrogen-bond donors (Lipinski definition) is 0. The Bertz CT molecular complexity index is 416. The van der Waals surface area contributed by atoms with Crippen molar-refractivity contribution in [2.75, 3.05) is 6.61 Å². The normalized spacial score (nSPS) is 15.3. The van der Waals surface area contributed by atoms with Gasteiger partial charge in [-0.15, -0.1) is 0 Å². The molecule has 0 fully saturated rings. The molecule has 0 aromatic heterocycles. The minimum atomic E-state index is -0.235. The molecule has 0 spiro atoms. The highest BCUT2D eigenvalue weighted by atomic mass is 16.5. The maximum Gasteiger partial charge on any atom is 0.331 e. The lowest BCUT2D eigenvalue weighted by atomic mass is 9.98. The Hall–Kier alpha value is -1.57. The van der Waals surface area contributed by atoms with Crippen molar-refractivity contribution in [2.45, 2.75) is 13.8 Å². The van der Waals surface area contributed by atoms with Crippen molar-refractivity contribution in [3.05, 3.63) is 41.0 Å². The molecule has 0 saturated heterocycles. The molecule has 1 aromatic carbocycles. The summed E-state index contributed by atoms with van der Waals surface area (Å²) in [5, 5.41) is 0. The molecule has 0 amide bonds. The minimum Gasteiger partial charge on any atom is -0.458 e. The van der Waals surface area contributed by atoms with Crippen LogP contribution in [0.4, 0.5) is 0 Å². The molecular formula is C12H12O2. The van der Waals surface area contributed by atoms with E-state index in [-0.39, 0.29) is 5.97 Å². The van der Waals surface area contributed by atoms with Crippen LogP contribution in [0.25, 0.3) is 5.57 Å². The molecule has 2 heteroatoms. The number of carbonyl (C=O) groups excluding carboxylic acids is 1. The molecule has 0 atom stereocenters. The first-order valence-corrected chi connectivity index (χ1v) is 4.62. The number of carbonyl (C=O) groups is 1. The van der Waals surface area contributed by atoms with Crippen molar-refractivity contribution in [2.24, 2.45) is 0 Å². The third-order valence-corrected chi connectivity index (χ3v) is 2.61. The zero-order valence-corrected chi connectivity index (χ0v) is 8.33. The molecule has 2 nitrogen and oxygen atoms in total. The van der Waals surface area contributed by atoms with Crippen LogP contribution in [0.3, 0.4) is 0 Å². The monoisotopic (exact) mass is 188 g/mol. The van der Waals surface area contributed by atoms with Gasteiger partial charge in [-0.25, -0.2) is 4.79 Å². The van der Waals surface area contributed by atoms with Crippen LogP contribution in [-0.4, -0.2) is 12.6 Å². The van der Waals surface area contributed by atoms with E-state index < -0.39 is 0 Å². The molecule has 0 saturated carbocycles. The molecule has 1 aliphatic rings. The van der Waals surface area contributed by atoms with E-state index in [0.717, 1.165) is 11.1 Å². The van der Waals surface area contributed by atoms with Gasteiger partial charge in [-0.05, 0) is 30.5 Å². The molecule has 0 N–H and O–H groups in total. The predicted octanol–water partition coefficient (Wildman–Crippen LogP) is 2.24. The molecular weight excluding hydrogens is 176 g/mol. The smallest absolute Gasteiger partial charge is 0.331 e. The summed E-state index contributed by atoms with van der Waals surface area (Å²) >= 11 is 0. The highest BCUT2D eigenvalue weighted by Crippen LogP contribution is 2.24. The highest BCUT2D eigenvalue weighted by molar-refractivity contribution is 5.96. The van der Waals surface area contributed by atoms with Gasteiger partial charge in [0.25, 0.3) is 0 Å². The third kappa shape index (κ3) is 1.43. The van der Waals surface area contributed by atoms with E-state index in [1.807, 2.05) is 12.1 Å². The Morgan fingerprint density at radius 1 is 1.29 bits per heavy atom. The van der Waals surface area contributed by atoms with Crippen LogP contribution in [0.2, 0.25) is 0 Å². The number of hydrogen-bond acceptors (Lipinski definition) is 2. The van der Waals surface area contributed by atoms with Gasteiger partial charge in [0.2, 0.25) is 0 Å². The summed E-state index contributed by atoms with van der Waals surface area (Å²) in [5.41, 5.74) is 4.56. The maximum absolute atomic E-state index is 10.9. The van der Waals surface area contributed by atoms with Gasteiger partial charge in [-0.3, -0.25) is 0 Å². The first-order valence-electron chi connectivity index (χ1n) is 4.62. The van der Waals surface area contributed by atoms with Crippen molar-refractivity contribution in [1.82, 2.24) is 0 Å². The van der Waals surface area contributed by atoms with Gasteiger partial charge in [0, 0.05) is 11.6 Å². The lowest BCUT2D eigenvalue weighted by Gasteiger charge is -2.07. The second-order valence-corrected chi connectivity index (χ2v) is 3.52. The molecule has 0 aliphatic carbocycles. The molecule has 0 bridgehead atoms. The SMILES string of the molecule is Cc1cccc(C2=CC(=O)OC2)c1C. The standard InChI is InChI=1S/C12H12O2/c1-8-4-3-5-11(9(8)2)10-6-12(13)14-7-10/h3-6H,7H2,1-2H3. The first-order chi connectivity index (χ1) is 6.68. The van der Waals surface area contributed by atoms with E-state index in [2.05, 4.69) is 19.9 Å². The molecule has 0 radical (unpaired) electrons. The van der Waals surface area contributed by atoms with Gasteiger partial charge in [0.1, 0.15) is 6.61 Å². The lowest BCUT2D eigenvalue weighted by Crippen LogP contribution is -1.94. The first kappa shape index (κ1) is 9.00. The second kappa shape index (κ2) is 3.29. The van der Waals surface area contributed by atoms with E-state index in [1.54, 1.807) is 6.08 Å². The fourth-order valence-electron chi connectivity index (χ4n) is 1.63. The molecule has 1 aliphatic heterocycles. The average molecular weight is 188 g/mol. The van der Waals surface area contributed by atoms with Gasteiger partial charge in [0.15, 0.2) is 0 Å². The van der Waals surface area contributed by atoms with E-state index >= 15 is 0 Å². The van der Waals surface area contributed by atoms with Crippen LogP contribution < -0.4 is 0 Å². The van der Waals surface area contributed by atoms with Crippen LogP contribution in [0.15, 0.2) is 24.3 Å². The minimum absolute atomic E-state index is 0.235. The number of benzene rings is 1. The predicted molar refractivity (Wildman–Crippen MR) is 54.9 cm³/mol. The summed E-state index contributed by atoms with van der Waals surface area (Å²) in [6.45, 7) is 4.54. The Labute approximate surface area is 83.2 Å². The molecule has 1 heterocycles. The summed E-state index contributed by atoms with van der Waals surface area (Å²) < 4.78 is 4.88. The van der Waals surface area contributed by atoms with Crippen molar-refractivity contribution < 1.29 is 9.53 Å². The van der Waals surface area contributed by atoms with Crippen LogP contribution >= 0.6 is 0 Å². The van der Waals surface area contributed by atoms with Gasteiger partial charge < -0.3 is 4.74 Å². The van der Waals surface area contributed by atoms with Gasteiger partial charge in [0.05, 0.1) is 0 Å². The molecule has 72 valence electrons.